The van der Waals surface area contributed by atoms with Crippen molar-refractivity contribution in [2.24, 2.45) is 0 Å². The average Bonchev–Trinajstić information content (AvgIpc) is 2.65. The Morgan fingerprint density at radius 2 is 1.79 bits per heavy atom. The molecule has 0 saturated heterocycles. The fourth-order valence-electron chi connectivity index (χ4n) is 2.86. The number of rotatable bonds is 4. The highest BCUT2D eigenvalue weighted by Crippen LogP contribution is 2.30. The van der Waals surface area contributed by atoms with E-state index < -0.39 is 17.8 Å². The standard InChI is InChI=1S/C21H19ClF3N3O/c1-13(2)28(12-15-11-14-5-3-4-6-18(14)27-19(15)22)20(29)26-17-9-7-16(8-10-17)21(23,24)25/h3-11,13H,12H2,1-2H3,(H,26,29). The predicted molar refractivity (Wildman–Crippen MR) is 108 cm³/mol. The van der Waals surface area contributed by atoms with Crippen LogP contribution in [0.3, 0.4) is 0 Å². The van der Waals surface area contributed by atoms with Gasteiger partial charge in [0, 0.05) is 22.7 Å². The molecule has 0 radical (unpaired) electrons. The second-order valence-electron chi connectivity index (χ2n) is 6.86. The molecular weight excluding hydrogens is 403 g/mol. The van der Waals surface area contributed by atoms with Gasteiger partial charge in [-0.15, -0.1) is 0 Å². The third kappa shape index (κ3) is 4.98. The summed E-state index contributed by atoms with van der Waals surface area (Å²) in [4.78, 5) is 18.6. The van der Waals surface area contributed by atoms with E-state index in [1.54, 1.807) is 0 Å². The number of benzene rings is 2. The fourth-order valence-corrected chi connectivity index (χ4v) is 3.06. The lowest BCUT2D eigenvalue weighted by Gasteiger charge is -2.27. The summed E-state index contributed by atoms with van der Waals surface area (Å²) in [5, 5.41) is 3.84. The van der Waals surface area contributed by atoms with Crippen LogP contribution in [-0.4, -0.2) is 22.0 Å². The first-order chi connectivity index (χ1) is 13.6. The SMILES string of the molecule is CC(C)N(Cc1cc2ccccc2nc1Cl)C(=O)Nc1ccc(C(F)(F)F)cc1. The van der Waals surface area contributed by atoms with Gasteiger partial charge in [0.15, 0.2) is 0 Å². The molecule has 0 bridgehead atoms. The van der Waals surface area contributed by atoms with E-state index in [0.717, 1.165) is 23.0 Å². The van der Waals surface area contributed by atoms with Gasteiger partial charge in [-0.1, -0.05) is 29.8 Å². The van der Waals surface area contributed by atoms with Gasteiger partial charge in [0.05, 0.1) is 17.6 Å². The number of carbonyl (C=O) groups is 1. The maximum absolute atomic E-state index is 12.7. The van der Waals surface area contributed by atoms with Crippen LogP contribution in [0.1, 0.15) is 25.0 Å². The lowest BCUT2D eigenvalue weighted by atomic mass is 10.1. The van der Waals surface area contributed by atoms with Crippen LogP contribution >= 0.6 is 11.6 Å². The second kappa shape index (κ2) is 8.29. The zero-order valence-electron chi connectivity index (χ0n) is 15.8. The van der Waals surface area contributed by atoms with E-state index in [1.807, 2.05) is 44.2 Å². The molecule has 0 unspecified atom stereocenters. The predicted octanol–water partition coefficient (Wildman–Crippen LogP) is 6.35. The van der Waals surface area contributed by atoms with Crippen LogP contribution in [0.2, 0.25) is 5.15 Å². The first-order valence-corrected chi connectivity index (χ1v) is 9.32. The van der Waals surface area contributed by atoms with Gasteiger partial charge in [0.2, 0.25) is 0 Å². The van der Waals surface area contributed by atoms with Crippen molar-refractivity contribution < 1.29 is 18.0 Å². The van der Waals surface area contributed by atoms with E-state index in [1.165, 1.54) is 17.0 Å². The molecule has 29 heavy (non-hydrogen) atoms. The fraction of sp³-hybridized carbons (Fsp3) is 0.238. The van der Waals surface area contributed by atoms with Gasteiger partial charge in [-0.2, -0.15) is 13.2 Å². The molecule has 8 heteroatoms. The monoisotopic (exact) mass is 421 g/mol. The summed E-state index contributed by atoms with van der Waals surface area (Å²) in [7, 11) is 0. The lowest BCUT2D eigenvalue weighted by molar-refractivity contribution is -0.137. The normalized spacial score (nSPS) is 11.7. The molecule has 3 aromatic rings. The largest absolute Gasteiger partial charge is 0.416 e. The van der Waals surface area contributed by atoms with Crippen LogP contribution in [0.15, 0.2) is 54.6 Å². The van der Waals surface area contributed by atoms with Crippen LogP contribution in [0.5, 0.6) is 0 Å². The second-order valence-corrected chi connectivity index (χ2v) is 7.22. The van der Waals surface area contributed by atoms with Crippen LogP contribution < -0.4 is 5.32 Å². The molecule has 1 heterocycles. The van der Waals surface area contributed by atoms with Crippen LogP contribution in [0.25, 0.3) is 10.9 Å². The number of carbonyl (C=O) groups excluding carboxylic acids is 1. The van der Waals surface area contributed by atoms with Gasteiger partial charge < -0.3 is 10.2 Å². The Bertz CT molecular complexity index is 1020. The minimum atomic E-state index is -4.42. The lowest BCUT2D eigenvalue weighted by Crippen LogP contribution is -2.39. The maximum atomic E-state index is 12.7. The Morgan fingerprint density at radius 1 is 1.14 bits per heavy atom. The number of alkyl halides is 3. The number of nitrogens with one attached hydrogen (secondary N) is 1. The summed E-state index contributed by atoms with van der Waals surface area (Å²) in [6.45, 7) is 3.89. The zero-order chi connectivity index (χ0) is 21.2. The number of halogens is 4. The molecule has 0 spiro atoms. The molecule has 1 aromatic heterocycles. The zero-order valence-corrected chi connectivity index (χ0v) is 16.6. The molecule has 2 aromatic carbocycles. The van der Waals surface area contributed by atoms with Crippen molar-refractivity contribution in [2.75, 3.05) is 5.32 Å². The molecule has 0 aliphatic rings. The van der Waals surface area contributed by atoms with Crippen LogP contribution in [-0.2, 0) is 12.7 Å². The first-order valence-electron chi connectivity index (χ1n) is 8.94. The summed E-state index contributed by atoms with van der Waals surface area (Å²) in [6.07, 6.45) is -4.42. The smallest absolute Gasteiger partial charge is 0.318 e. The van der Waals surface area contributed by atoms with Crippen LogP contribution in [0.4, 0.5) is 23.7 Å². The molecule has 0 aliphatic heterocycles. The van der Waals surface area contributed by atoms with E-state index >= 15 is 0 Å². The van der Waals surface area contributed by atoms with Gasteiger partial charge in [-0.3, -0.25) is 0 Å². The number of hydrogen-bond donors (Lipinski definition) is 1. The minimum absolute atomic E-state index is 0.174. The van der Waals surface area contributed by atoms with E-state index in [9.17, 15) is 18.0 Å². The number of nitrogens with zero attached hydrogens (tertiary/aromatic N) is 2. The highest BCUT2D eigenvalue weighted by Gasteiger charge is 2.30. The van der Waals surface area contributed by atoms with Gasteiger partial charge in [0.1, 0.15) is 5.15 Å². The van der Waals surface area contributed by atoms with E-state index in [4.69, 9.17) is 11.6 Å². The van der Waals surface area contributed by atoms with E-state index in [-0.39, 0.29) is 18.3 Å². The molecule has 4 nitrogen and oxygen atoms in total. The molecule has 0 aliphatic carbocycles. The van der Waals surface area contributed by atoms with Gasteiger partial charge in [0.25, 0.3) is 0 Å². The highest BCUT2D eigenvalue weighted by atomic mass is 35.5. The van der Waals surface area contributed by atoms with E-state index in [0.29, 0.717) is 10.7 Å². The number of pyridine rings is 1. The molecule has 0 saturated carbocycles. The summed E-state index contributed by atoms with van der Waals surface area (Å²) in [6, 6.07) is 13.1. The summed E-state index contributed by atoms with van der Waals surface area (Å²) < 4.78 is 38.1. The summed E-state index contributed by atoms with van der Waals surface area (Å²) in [5.74, 6) is 0. The maximum Gasteiger partial charge on any atom is 0.416 e. The first kappa shape index (κ1) is 20.9. The topological polar surface area (TPSA) is 45.2 Å². The van der Waals surface area contributed by atoms with Crippen molar-refractivity contribution in [3.05, 3.63) is 70.9 Å². The molecule has 0 atom stereocenters. The number of para-hydroxylation sites is 1. The van der Waals surface area contributed by atoms with Crippen LogP contribution in [0, 0.1) is 0 Å². The number of hydrogen-bond acceptors (Lipinski definition) is 2. The Morgan fingerprint density at radius 3 is 2.41 bits per heavy atom. The third-order valence-corrected chi connectivity index (χ3v) is 4.77. The number of urea groups is 1. The van der Waals surface area contributed by atoms with Gasteiger partial charge in [-0.25, -0.2) is 9.78 Å². The number of anilines is 1. The minimum Gasteiger partial charge on any atom is -0.318 e. The third-order valence-electron chi connectivity index (χ3n) is 4.44. The number of amides is 2. The van der Waals surface area contributed by atoms with Crippen molar-refractivity contribution in [2.45, 2.75) is 32.6 Å². The van der Waals surface area contributed by atoms with Crippen molar-refractivity contribution in [1.82, 2.24) is 9.88 Å². The Balaban J connectivity index is 1.79. The molecule has 1 N–H and O–H groups in total. The van der Waals surface area contributed by atoms with Crippen molar-refractivity contribution >= 4 is 34.2 Å². The Labute approximate surface area is 171 Å². The highest BCUT2D eigenvalue weighted by molar-refractivity contribution is 6.30. The van der Waals surface area contributed by atoms with Gasteiger partial charge in [-0.05, 0) is 50.2 Å². The number of fused-ring (bicyclic) bond motifs is 1. The van der Waals surface area contributed by atoms with Crippen molar-refractivity contribution in [3.63, 3.8) is 0 Å². The average molecular weight is 422 g/mol. The summed E-state index contributed by atoms with van der Waals surface area (Å²) in [5.41, 5.74) is 0.940. The molecule has 3 rings (SSSR count). The molecular formula is C21H19ClF3N3O. The Hall–Kier alpha value is -2.80. The van der Waals surface area contributed by atoms with Crippen molar-refractivity contribution in [1.29, 1.82) is 0 Å². The quantitative estimate of drug-likeness (QED) is 0.499. The molecule has 0 fully saturated rings. The van der Waals surface area contributed by atoms with Crippen molar-refractivity contribution in [3.8, 4) is 0 Å². The molecule has 152 valence electrons. The Kier molecular flexibility index (Phi) is 5.98. The van der Waals surface area contributed by atoms with Gasteiger partial charge >= 0.3 is 12.2 Å². The van der Waals surface area contributed by atoms with E-state index in [2.05, 4.69) is 10.3 Å². The molecule has 2 amide bonds. The number of aromatic nitrogens is 1. The summed E-state index contributed by atoms with van der Waals surface area (Å²) >= 11 is 6.30.